The molecule has 0 aliphatic rings. The van der Waals surface area contributed by atoms with Crippen molar-refractivity contribution in [3.05, 3.63) is 89.1 Å². The van der Waals surface area contributed by atoms with Crippen molar-refractivity contribution in [3.8, 4) is 11.5 Å². The van der Waals surface area contributed by atoms with Crippen LogP contribution in [-0.2, 0) is 17.9 Å². The van der Waals surface area contributed by atoms with E-state index in [1.165, 1.54) is 0 Å². The number of hydrogen-bond donors (Lipinski definition) is 1. The van der Waals surface area contributed by atoms with Crippen LogP contribution in [0, 0.1) is 0 Å². The van der Waals surface area contributed by atoms with Crippen LogP contribution in [0.4, 0.5) is 5.69 Å². The molecule has 0 aliphatic carbocycles. The number of carbonyl (C=O) groups excluding carboxylic acids is 1. The molecule has 2 heterocycles. The summed E-state index contributed by atoms with van der Waals surface area (Å²) in [5.74, 6) is 0.646. The Morgan fingerprint density at radius 2 is 1.87 bits per heavy atom. The van der Waals surface area contributed by atoms with Gasteiger partial charge in [-0.3, -0.25) is 14.6 Å². The average molecular weight is 416 g/mol. The van der Waals surface area contributed by atoms with Gasteiger partial charge in [0.2, 0.25) is 5.91 Å². The van der Waals surface area contributed by atoms with Crippen molar-refractivity contribution in [2.75, 3.05) is 12.4 Å². The second-order valence-corrected chi connectivity index (χ2v) is 6.75. The molecule has 8 heteroatoms. The highest BCUT2D eigenvalue weighted by Crippen LogP contribution is 2.31. The van der Waals surface area contributed by atoms with Gasteiger partial charge in [-0.15, -0.1) is 0 Å². The lowest BCUT2D eigenvalue weighted by Crippen LogP contribution is -2.29. The summed E-state index contributed by atoms with van der Waals surface area (Å²) in [5, 5.41) is 8.11. The first-order chi connectivity index (χ1) is 15.1. The maximum absolute atomic E-state index is 12.6. The van der Waals surface area contributed by atoms with E-state index in [-0.39, 0.29) is 18.0 Å². The van der Waals surface area contributed by atoms with Crippen molar-refractivity contribution in [2.24, 2.45) is 0 Å². The molecule has 0 fully saturated rings. The smallest absolute Gasteiger partial charge is 0.275 e. The standard InChI is InChI=1S/C23H20N4O4/c1-30-20-7-6-18(12-21(20)31-15-16-8-10-24-11-9-16)26-22(28)14-27-23(29)19-5-3-2-4-17(19)13-25-27/h2-13H,14-15H2,1H3,(H,26,28). The number of aromatic nitrogens is 3. The number of hydrogen-bond acceptors (Lipinski definition) is 6. The normalized spacial score (nSPS) is 10.6. The zero-order chi connectivity index (χ0) is 21.6. The predicted octanol–water partition coefficient (Wildman–Crippen LogP) is 3.02. The summed E-state index contributed by atoms with van der Waals surface area (Å²) in [7, 11) is 1.55. The van der Waals surface area contributed by atoms with Gasteiger partial charge in [-0.25, -0.2) is 4.68 Å². The quantitative estimate of drug-likeness (QED) is 0.498. The van der Waals surface area contributed by atoms with Gasteiger partial charge in [0.15, 0.2) is 11.5 Å². The molecule has 0 saturated heterocycles. The Hall–Kier alpha value is -4.20. The largest absolute Gasteiger partial charge is 0.493 e. The topological polar surface area (TPSA) is 95.3 Å². The van der Waals surface area contributed by atoms with E-state index in [4.69, 9.17) is 9.47 Å². The minimum Gasteiger partial charge on any atom is -0.493 e. The SMILES string of the molecule is COc1ccc(NC(=O)Cn2ncc3ccccc3c2=O)cc1OCc1ccncc1. The van der Waals surface area contributed by atoms with E-state index >= 15 is 0 Å². The molecule has 0 bridgehead atoms. The van der Waals surface area contributed by atoms with Gasteiger partial charge in [0, 0.05) is 29.5 Å². The fourth-order valence-corrected chi connectivity index (χ4v) is 3.08. The minimum absolute atomic E-state index is 0.205. The summed E-state index contributed by atoms with van der Waals surface area (Å²) in [6.45, 7) is 0.121. The number of amides is 1. The van der Waals surface area contributed by atoms with Crippen LogP contribution in [-0.4, -0.2) is 27.8 Å². The molecule has 1 amide bonds. The number of pyridine rings is 1. The summed E-state index contributed by atoms with van der Waals surface area (Å²) >= 11 is 0. The predicted molar refractivity (Wildman–Crippen MR) is 116 cm³/mol. The van der Waals surface area contributed by atoms with Crippen LogP contribution < -0.4 is 20.3 Å². The number of carbonyl (C=O) groups is 1. The maximum atomic E-state index is 12.6. The van der Waals surface area contributed by atoms with Crippen LogP contribution in [0.3, 0.4) is 0 Å². The number of methoxy groups -OCH3 is 1. The second-order valence-electron chi connectivity index (χ2n) is 6.75. The number of ether oxygens (including phenoxy) is 2. The first-order valence-corrected chi connectivity index (χ1v) is 9.58. The molecule has 0 spiro atoms. The number of benzene rings is 2. The number of nitrogens with zero attached hydrogens (tertiary/aromatic N) is 3. The molecule has 0 atom stereocenters. The van der Waals surface area contributed by atoms with Crippen molar-refractivity contribution >= 4 is 22.4 Å². The lowest BCUT2D eigenvalue weighted by atomic mass is 10.2. The summed E-state index contributed by atoms with van der Waals surface area (Å²) in [4.78, 5) is 29.1. The minimum atomic E-state index is -0.380. The number of rotatable bonds is 7. The Morgan fingerprint density at radius 1 is 1.06 bits per heavy atom. The van der Waals surface area contributed by atoms with Crippen LogP contribution in [0.1, 0.15) is 5.56 Å². The second kappa shape index (κ2) is 9.08. The third kappa shape index (κ3) is 4.69. The van der Waals surface area contributed by atoms with E-state index in [1.807, 2.05) is 18.2 Å². The number of nitrogens with one attached hydrogen (secondary N) is 1. The van der Waals surface area contributed by atoms with E-state index in [2.05, 4.69) is 15.4 Å². The van der Waals surface area contributed by atoms with Crippen molar-refractivity contribution in [2.45, 2.75) is 13.2 Å². The number of fused-ring (bicyclic) bond motifs is 1. The van der Waals surface area contributed by atoms with Crippen molar-refractivity contribution in [1.29, 1.82) is 0 Å². The Labute approximate surface area is 178 Å². The molecule has 2 aromatic heterocycles. The fraction of sp³-hybridized carbons (Fsp3) is 0.130. The van der Waals surface area contributed by atoms with E-state index in [0.717, 1.165) is 15.6 Å². The first kappa shape index (κ1) is 20.1. The average Bonchev–Trinajstić information content (AvgIpc) is 2.80. The Morgan fingerprint density at radius 3 is 2.68 bits per heavy atom. The highest BCUT2D eigenvalue weighted by Gasteiger charge is 2.11. The summed E-state index contributed by atoms with van der Waals surface area (Å²) in [6.07, 6.45) is 4.95. The molecule has 8 nitrogen and oxygen atoms in total. The molecule has 4 rings (SSSR count). The zero-order valence-corrected chi connectivity index (χ0v) is 16.8. The number of anilines is 1. The Bertz CT molecular complexity index is 1270. The molecule has 0 radical (unpaired) electrons. The van der Waals surface area contributed by atoms with Crippen LogP contribution in [0.2, 0.25) is 0 Å². The van der Waals surface area contributed by atoms with Gasteiger partial charge >= 0.3 is 0 Å². The van der Waals surface area contributed by atoms with Crippen LogP contribution in [0.25, 0.3) is 10.8 Å². The van der Waals surface area contributed by atoms with Crippen LogP contribution in [0.5, 0.6) is 11.5 Å². The summed E-state index contributed by atoms with van der Waals surface area (Å²) in [6, 6.07) is 15.9. The first-order valence-electron chi connectivity index (χ1n) is 9.58. The van der Waals surface area contributed by atoms with E-state index in [9.17, 15) is 9.59 Å². The van der Waals surface area contributed by atoms with Crippen molar-refractivity contribution < 1.29 is 14.3 Å². The fourth-order valence-electron chi connectivity index (χ4n) is 3.08. The third-order valence-corrected chi connectivity index (χ3v) is 4.65. The van der Waals surface area contributed by atoms with E-state index < -0.39 is 0 Å². The molecule has 4 aromatic rings. The van der Waals surface area contributed by atoms with Gasteiger partial charge < -0.3 is 14.8 Å². The van der Waals surface area contributed by atoms with Gasteiger partial charge in [0.05, 0.1) is 18.7 Å². The third-order valence-electron chi connectivity index (χ3n) is 4.65. The van der Waals surface area contributed by atoms with E-state index in [0.29, 0.717) is 29.2 Å². The Balaban J connectivity index is 1.48. The zero-order valence-electron chi connectivity index (χ0n) is 16.8. The maximum Gasteiger partial charge on any atom is 0.275 e. The summed E-state index contributed by atoms with van der Waals surface area (Å²) in [5.41, 5.74) is 1.15. The van der Waals surface area contributed by atoms with E-state index in [1.54, 1.807) is 62.1 Å². The van der Waals surface area contributed by atoms with Crippen LogP contribution in [0.15, 0.2) is 78.0 Å². The Kier molecular flexibility index (Phi) is 5.89. The van der Waals surface area contributed by atoms with Gasteiger partial charge in [-0.2, -0.15) is 5.10 Å². The lowest BCUT2D eigenvalue weighted by Gasteiger charge is -2.13. The molecule has 156 valence electrons. The van der Waals surface area contributed by atoms with Crippen LogP contribution >= 0.6 is 0 Å². The molecular formula is C23H20N4O4. The van der Waals surface area contributed by atoms with Gasteiger partial charge in [-0.1, -0.05) is 18.2 Å². The molecule has 1 N–H and O–H groups in total. The van der Waals surface area contributed by atoms with Gasteiger partial charge in [-0.05, 0) is 35.9 Å². The molecule has 0 aliphatic heterocycles. The molecular weight excluding hydrogens is 396 g/mol. The highest BCUT2D eigenvalue weighted by molar-refractivity contribution is 5.91. The van der Waals surface area contributed by atoms with Gasteiger partial charge in [0.25, 0.3) is 5.56 Å². The van der Waals surface area contributed by atoms with Crippen molar-refractivity contribution in [1.82, 2.24) is 14.8 Å². The molecule has 31 heavy (non-hydrogen) atoms. The van der Waals surface area contributed by atoms with Gasteiger partial charge in [0.1, 0.15) is 13.2 Å². The summed E-state index contributed by atoms with van der Waals surface area (Å²) < 4.78 is 12.3. The lowest BCUT2D eigenvalue weighted by molar-refractivity contribution is -0.117. The van der Waals surface area contributed by atoms with Crippen molar-refractivity contribution in [3.63, 3.8) is 0 Å². The highest BCUT2D eigenvalue weighted by atomic mass is 16.5. The monoisotopic (exact) mass is 416 g/mol. The molecule has 2 aromatic carbocycles. The molecule has 0 saturated carbocycles. The molecule has 0 unspecified atom stereocenters.